The van der Waals surface area contributed by atoms with Gasteiger partial charge in [-0.15, -0.1) is 0 Å². The van der Waals surface area contributed by atoms with Crippen LogP contribution in [0.15, 0.2) is 30.3 Å². The number of hydroxylamine groups is 2. The minimum atomic E-state index is -0.669. The van der Waals surface area contributed by atoms with Crippen LogP contribution in [-0.2, 0) is 14.4 Å². The third kappa shape index (κ3) is 1.41. The molecule has 2 aliphatic rings. The van der Waals surface area contributed by atoms with Gasteiger partial charge >= 0.3 is 0 Å². The number of carbonyl (C=O) groups is 2. The maximum absolute atomic E-state index is 12.1. The van der Waals surface area contributed by atoms with Crippen molar-refractivity contribution in [2.75, 3.05) is 14.1 Å². The maximum atomic E-state index is 12.1. The number of imide groups is 1. The van der Waals surface area contributed by atoms with Crippen LogP contribution in [0, 0.1) is 5.92 Å². The van der Waals surface area contributed by atoms with Gasteiger partial charge in [-0.05, 0) is 5.56 Å². The second-order valence-corrected chi connectivity index (χ2v) is 4.69. The number of carbonyl (C=O) groups excluding carboxylic acids is 2. The van der Waals surface area contributed by atoms with Crippen LogP contribution in [0.4, 0.5) is 0 Å². The molecule has 2 saturated heterocycles. The number of nitrogens with zero attached hydrogens (tertiary/aromatic N) is 2. The van der Waals surface area contributed by atoms with Crippen molar-refractivity contribution in [1.29, 1.82) is 0 Å². The van der Waals surface area contributed by atoms with Crippen molar-refractivity contribution < 1.29 is 14.4 Å². The first-order valence-electron chi connectivity index (χ1n) is 5.87. The molecule has 3 atom stereocenters. The van der Waals surface area contributed by atoms with Gasteiger partial charge in [-0.1, -0.05) is 30.3 Å². The Hall–Kier alpha value is -1.72. The monoisotopic (exact) mass is 246 g/mol. The van der Waals surface area contributed by atoms with Crippen LogP contribution < -0.4 is 0 Å². The second-order valence-electron chi connectivity index (χ2n) is 4.69. The summed E-state index contributed by atoms with van der Waals surface area (Å²) in [7, 11) is 3.27. The molecule has 0 aliphatic carbocycles. The van der Waals surface area contributed by atoms with E-state index in [1.54, 1.807) is 12.1 Å². The number of rotatable bonds is 1. The molecule has 18 heavy (non-hydrogen) atoms. The van der Waals surface area contributed by atoms with E-state index in [0.717, 1.165) is 10.5 Å². The van der Waals surface area contributed by atoms with Crippen molar-refractivity contribution in [2.24, 2.45) is 5.92 Å². The topological polar surface area (TPSA) is 49.9 Å². The zero-order valence-corrected chi connectivity index (χ0v) is 10.2. The Morgan fingerprint density at radius 1 is 1.06 bits per heavy atom. The molecule has 2 fully saturated rings. The molecule has 5 nitrogen and oxygen atoms in total. The fourth-order valence-corrected chi connectivity index (χ4v) is 2.76. The standard InChI is InChI=1S/C13H14N2O3/c1-14-12(16)9-10(8-6-4-3-5-7-8)15(2)18-11(9)13(14)17/h3-7,9-11H,1-2H3/t9-,10+,11+/m0/s1. The number of hydrogen-bond donors (Lipinski definition) is 0. The van der Waals surface area contributed by atoms with Gasteiger partial charge in [-0.2, -0.15) is 5.06 Å². The average Bonchev–Trinajstić information content (AvgIpc) is 2.82. The summed E-state index contributed by atoms with van der Waals surface area (Å²) in [4.78, 5) is 30.7. The molecule has 94 valence electrons. The van der Waals surface area contributed by atoms with Gasteiger partial charge in [0.2, 0.25) is 5.91 Å². The smallest absolute Gasteiger partial charge is 0.261 e. The van der Waals surface area contributed by atoms with Crippen LogP contribution in [0.3, 0.4) is 0 Å². The van der Waals surface area contributed by atoms with E-state index < -0.39 is 12.0 Å². The predicted octanol–water partition coefficient (Wildman–Crippen LogP) is 0.588. The summed E-state index contributed by atoms with van der Waals surface area (Å²) in [5.41, 5.74) is 0.990. The quantitative estimate of drug-likeness (QED) is 0.680. The van der Waals surface area contributed by atoms with Crippen molar-refractivity contribution in [3.63, 3.8) is 0 Å². The summed E-state index contributed by atoms with van der Waals surface area (Å²) in [6.45, 7) is 0. The van der Waals surface area contributed by atoms with Crippen LogP contribution in [0.2, 0.25) is 0 Å². The molecule has 2 heterocycles. The van der Waals surface area contributed by atoms with E-state index in [-0.39, 0.29) is 17.9 Å². The first kappa shape index (κ1) is 11.4. The van der Waals surface area contributed by atoms with Crippen LogP contribution in [-0.4, -0.2) is 42.0 Å². The Balaban J connectivity index is 2.01. The highest BCUT2D eigenvalue weighted by Crippen LogP contribution is 2.42. The van der Waals surface area contributed by atoms with Crippen molar-refractivity contribution >= 4 is 11.8 Å². The molecule has 3 rings (SSSR count). The zero-order chi connectivity index (χ0) is 12.9. The molecule has 5 heteroatoms. The second kappa shape index (κ2) is 3.90. The summed E-state index contributed by atoms with van der Waals surface area (Å²) < 4.78 is 0. The Morgan fingerprint density at radius 3 is 2.39 bits per heavy atom. The van der Waals surface area contributed by atoms with Crippen molar-refractivity contribution in [3.05, 3.63) is 35.9 Å². The maximum Gasteiger partial charge on any atom is 0.261 e. The Morgan fingerprint density at radius 2 is 1.72 bits per heavy atom. The number of hydrogen-bond acceptors (Lipinski definition) is 4. The minimum absolute atomic E-state index is 0.164. The van der Waals surface area contributed by atoms with E-state index in [1.807, 2.05) is 30.3 Å². The summed E-state index contributed by atoms with van der Waals surface area (Å²) in [5.74, 6) is -0.853. The van der Waals surface area contributed by atoms with Crippen molar-refractivity contribution in [1.82, 2.24) is 9.96 Å². The first-order chi connectivity index (χ1) is 8.61. The van der Waals surface area contributed by atoms with Gasteiger partial charge in [0, 0.05) is 14.1 Å². The number of likely N-dealkylation sites (N-methyl/N-ethyl adjacent to an activating group) is 1. The molecule has 0 N–H and O–H groups in total. The number of fused-ring (bicyclic) bond motifs is 1. The Bertz CT molecular complexity index is 502. The largest absolute Gasteiger partial charge is 0.284 e. The molecule has 0 unspecified atom stereocenters. The molecule has 0 radical (unpaired) electrons. The highest BCUT2D eigenvalue weighted by Gasteiger charge is 2.57. The highest BCUT2D eigenvalue weighted by molar-refractivity contribution is 6.07. The van der Waals surface area contributed by atoms with E-state index in [1.165, 1.54) is 7.05 Å². The van der Waals surface area contributed by atoms with Crippen molar-refractivity contribution in [3.8, 4) is 0 Å². The lowest BCUT2D eigenvalue weighted by Crippen LogP contribution is -2.33. The van der Waals surface area contributed by atoms with Gasteiger partial charge < -0.3 is 0 Å². The summed E-state index contributed by atoms with van der Waals surface area (Å²) in [5, 5.41) is 1.62. The molecule has 0 bridgehead atoms. The molecule has 2 amide bonds. The molecule has 1 aromatic carbocycles. The fourth-order valence-electron chi connectivity index (χ4n) is 2.76. The van der Waals surface area contributed by atoms with Crippen LogP contribution in [0.1, 0.15) is 11.6 Å². The lowest BCUT2D eigenvalue weighted by atomic mass is 9.91. The van der Waals surface area contributed by atoms with Gasteiger partial charge in [0.25, 0.3) is 5.91 Å². The molecule has 0 aromatic heterocycles. The van der Waals surface area contributed by atoms with Crippen LogP contribution in [0.25, 0.3) is 0 Å². The van der Waals surface area contributed by atoms with Gasteiger partial charge in [0.05, 0.1) is 12.0 Å². The predicted molar refractivity (Wildman–Crippen MR) is 63.1 cm³/mol. The molecular formula is C13H14N2O3. The number of benzene rings is 1. The van der Waals surface area contributed by atoms with Gasteiger partial charge in [-0.3, -0.25) is 19.3 Å². The Kier molecular flexibility index (Phi) is 2.46. The van der Waals surface area contributed by atoms with Gasteiger partial charge in [0.15, 0.2) is 6.10 Å². The van der Waals surface area contributed by atoms with E-state index >= 15 is 0 Å². The third-order valence-corrected chi connectivity index (χ3v) is 3.67. The lowest BCUT2D eigenvalue weighted by molar-refractivity contribution is -0.168. The first-order valence-corrected chi connectivity index (χ1v) is 5.87. The summed E-state index contributed by atoms with van der Waals surface area (Å²) in [6, 6.07) is 9.46. The lowest BCUT2D eigenvalue weighted by Gasteiger charge is -2.22. The molecular weight excluding hydrogens is 232 g/mol. The molecule has 0 spiro atoms. The SMILES string of the molecule is CN1C(=O)[C@H]2[C@@H](c3ccccc3)N(C)O[C@H]2C1=O. The minimum Gasteiger partial charge on any atom is -0.284 e. The molecule has 2 aliphatic heterocycles. The Labute approximate surface area is 105 Å². The third-order valence-electron chi connectivity index (χ3n) is 3.67. The number of likely N-dealkylation sites (tertiary alicyclic amines) is 1. The van der Waals surface area contributed by atoms with Gasteiger partial charge in [-0.25, -0.2) is 0 Å². The number of amides is 2. The molecule has 1 aromatic rings. The van der Waals surface area contributed by atoms with E-state index in [9.17, 15) is 9.59 Å². The van der Waals surface area contributed by atoms with E-state index in [2.05, 4.69) is 0 Å². The summed E-state index contributed by atoms with van der Waals surface area (Å²) >= 11 is 0. The van der Waals surface area contributed by atoms with Crippen LogP contribution in [0.5, 0.6) is 0 Å². The fraction of sp³-hybridized carbons (Fsp3) is 0.385. The van der Waals surface area contributed by atoms with Crippen molar-refractivity contribution in [2.45, 2.75) is 12.1 Å². The summed E-state index contributed by atoms with van der Waals surface area (Å²) in [6.07, 6.45) is -0.669. The average molecular weight is 246 g/mol. The van der Waals surface area contributed by atoms with Crippen LogP contribution >= 0.6 is 0 Å². The highest BCUT2D eigenvalue weighted by atomic mass is 16.7. The van der Waals surface area contributed by atoms with E-state index in [0.29, 0.717) is 0 Å². The van der Waals surface area contributed by atoms with Gasteiger partial charge in [0.1, 0.15) is 0 Å². The zero-order valence-electron chi connectivity index (χ0n) is 10.2. The van der Waals surface area contributed by atoms with E-state index in [4.69, 9.17) is 4.84 Å². The normalized spacial score (nSPS) is 32.1. The molecule has 0 saturated carbocycles.